The molecule has 0 fully saturated rings. The minimum absolute atomic E-state index is 0.246. The van der Waals surface area contributed by atoms with Crippen molar-refractivity contribution in [3.8, 4) is 0 Å². The van der Waals surface area contributed by atoms with E-state index in [-0.39, 0.29) is 12.2 Å². The van der Waals surface area contributed by atoms with Crippen LogP contribution in [0.4, 0.5) is 0 Å². The van der Waals surface area contributed by atoms with Crippen LogP contribution in [0, 0.1) is 13.8 Å². The van der Waals surface area contributed by atoms with Gasteiger partial charge < -0.3 is 14.6 Å². The van der Waals surface area contributed by atoms with Gasteiger partial charge in [-0.3, -0.25) is 9.59 Å². The Labute approximate surface area is 130 Å². The van der Waals surface area contributed by atoms with Gasteiger partial charge in [0.2, 0.25) is 0 Å². The molecule has 0 spiro atoms. The molecule has 1 amide bonds. The number of aromatic nitrogens is 1. The molecule has 1 rings (SSSR count). The Hall–Kier alpha value is -2.11. The molecule has 6 nitrogen and oxygen atoms in total. The molecule has 1 aromatic rings. The molecular weight excluding hydrogens is 284 g/mol. The van der Waals surface area contributed by atoms with E-state index in [0.29, 0.717) is 17.0 Å². The van der Waals surface area contributed by atoms with Crippen LogP contribution in [0.15, 0.2) is 0 Å². The number of rotatable bonds is 4. The van der Waals surface area contributed by atoms with Crippen LogP contribution in [0.25, 0.3) is 0 Å². The first-order chi connectivity index (χ1) is 10.0. The van der Waals surface area contributed by atoms with Gasteiger partial charge in [0.05, 0.1) is 12.2 Å². The van der Waals surface area contributed by atoms with Crippen LogP contribution >= 0.6 is 0 Å². The monoisotopic (exact) mass is 308 g/mol. The highest BCUT2D eigenvalue weighted by atomic mass is 16.5. The van der Waals surface area contributed by atoms with Gasteiger partial charge in [0.15, 0.2) is 0 Å². The van der Waals surface area contributed by atoms with E-state index in [4.69, 9.17) is 4.74 Å². The van der Waals surface area contributed by atoms with E-state index in [1.54, 1.807) is 53.2 Å². The van der Waals surface area contributed by atoms with Crippen LogP contribution in [0.2, 0.25) is 0 Å². The summed E-state index contributed by atoms with van der Waals surface area (Å²) < 4.78 is 6.60. The van der Waals surface area contributed by atoms with Crippen LogP contribution < -0.4 is 5.32 Å². The Morgan fingerprint density at radius 3 is 2.18 bits per heavy atom. The highest BCUT2D eigenvalue weighted by Gasteiger charge is 2.30. The molecule has 122 valence electrons. The second kappa shape index (κ2) is 6.34. The predicted molar refractivity (Wildman–Crippen MR) is 83.1 cm³/mol. The third kappa shape index (κ3) is 3.55. The second-order valence-corrected chi connectivity index (χ2v) is 6.25. The standard InChI is InChI=1S/C16H24N2O4/c1-8-22-15(21)12-9(2)11(10(3)18(12)7)13(19)14(20)17-16(4,5)6/h8H2,1-7H3,(H,17,20). The summed E-state index contributed by atoms with van der Waals surface area (Å²) in [7, 11) is 1.67. The summed E-state index contributed by atoms with van der Waals surface area (Å²) in [6, 6.07) is 0. The first kappa shape index (κ1) is 17.9. The van der Waals surface area contributed by atoms with Gasteiger partial charge in [-0.15, -0.1) is 0 Å². The van der Waals surface area contributed by atoms with Crippen molar-refractivity contribution in [2.75, 3.05) is 6.61 Å². The molecule has 0 unspecified atom stereocenters. The van der Waals surface area contributed by atoms with Gasteiger partial charge in [0.25, 0.3) is 11.7 Å². The van der Waals surface area contributed by atoms with E-state index in [9.17, 15) is 14.4 Å². The van der Waals surface area contributed by atoms with Crippen molar-refractivity contribution < 1.29 is 19.1 Å². The van der Waals surface area contributed by atoms with Crippen molar-refractivity contribution in [2.24, 2.45) is 7.05 Å². The van der Waals surface area contributed by atoms with Crippen molar-refractivity contribution in [3.05, 3.63) is 22.5 Å². The molecule has 1 aromatic heterocycles. The number of carbonyl (C=O) groups is 3. The molecule has 0 saturated heterocycles. The lowest BCUT2D eigenvalue weighted by Crippen LogP contribution is -2.44. The number of ether oxygens (including phenoxy) is 1. The van der Waals surface area contributed by atoms with Gasteiger partial charge in [-0.1, -0.05) is 0 Å². The number of ketones is 1. The van der Waals surface area contributed by atoms with Crippen LogP contribution in [0.3, 0.4) is 0 Å². The zero-order chi connectivity index (χ0) is 17.2. The minimum atomic E-state index is -0.681. The third-order valence-corrected chi connectivity index (χ3v) is 3.32. The maximum Gasteiger partial charge on any atom is 0.355 e. The molecule has 0 aliphatic rings. The maximum absolute atomic E-state index is 12.4. The summed E-state index contributed by atoms with van der Waals surface area (Å²) in [5.41, 5.74) is 1.08. The molecule has 0 radical (unpaired) electrons. The Kier molecular flexibility index (Phi) is 5.17. The number of hydrogen-bond donors (Lipinski definition) is 1. The number of nitrogens with zero attached hydrogens (tertiary/aromatic N) is 1. The molecular formula is C16H24N2O4. The molecule has 0 aliphatic heterocycles. The summed E-state index contributed by atoms with van der Waals surface area (Å²) in [5, 5.41) is 2.64. The number of nitrogens with one attached hydrogen (secondary N) is 1. The Balaban J connectivity index is 3.27. The molecule has 0 bridgehead atoms. The lowest BCUT2D eigenvalue weighted by atomic mass is 10.0. The summed E-state index contributed by atoms with van der Waals surface area (Å²) in [4.78, 5) is 36.5. The van der Waals surface area contributed by atoms with E-state index in [1.165, 1.54) is 0 Å². The number of amides is 1. The van der Waals surface area contributed by atoms with Crippen molar-refractivity contribution in [2.45, 2.75) is 47.1 Å². The quantitative estimate of drug-likeness (QED) is 0.524. The molecule has 6 heteroatoms. The summed E-state index contributed by atoms with van der Waals surface area (Å²) in [6.07, 6.45) is 0. The van der Waals surface area contributed by atoms with Crippen molar-refractivity contribution in [1.82, 2.24) is 9.88 Å². The SMILES string of the molecule is CCOC(=O)c1c(C)c(C(=O)C(=O)NC(C)(C)C)c(C)n1C. The highest BCUT2D eigenvalue weighted by Crippen LogP contribution is 2.22. The number of hydrogen-bond acceptors (Lipinski definition) is 4. The lowest BCUT2D eigenvalue weighted by Gasteiger charge is -2.19. The molecule has 1 N–H and O–H groups in total. The normalized spacial score (nSPS) is 11.2. The van der Waals surface area contributed by atoms with Crippen molar-refractivity contribution >= 4 is 17.7 Å². The molecule has 0 saturated carbocycles. The Bertz CT molecular complexity index is 621. The van der Waals surface area contributed by atoms with Crippen molar-refractivity contribution in [1.29, 1.82) is 0 Å². The fourth-order valence-electron chi connectivity index (χ4n) is 2.31. The van der Waals surface area contributed by atoms with E-state index in [0.717, 1.165) is 0 Å². The average Bonchev–Trinajstić information content (AvgIpc) is 2.58. The number of carbonyl (C=O) groups excluding carboxylic acids is 3. The topological polar surface area (TPSA) is 77.4 Å². The molecule has 1 heterocycles. The predicted octanol–water partition coefficient (Wildman–Crippen LogP) is 1.92. The van der Waals surface area contributed by atoms with Gasteiger partial charge in [0.1, 0.15) is 5.69 Å². The summed E-state index contributed by atoms with van der Waals surface area (Å²) in [5.74, 6) is -1.82. The van der Waals surface area contributed by atoms with E-state index in [1.807, 2.05) is 0 Å². The first-order valence-electron chi connectivity index (χ1n) is 7.21. The fourth-order valence-corrected chi connectivity index (χ4v) is 2.31. The molecule has 0 aromatic carbocycles. The highest BCUT2D eigenvalue weighted by molar-refractivity contribution is 6.43. The van der Waals surface area contributed by atoms with E-state index < -0.39 is 23.2 Å². The number of Topliss-reactive ketones (excluding diaryl/α,β-unsaturated/α-hetero) is 1. The first-order valence-corrected chi connectivity index (χ1v) is 7.21. The van der Waals surface area contributed by atoms with Gasteiger partial charge in [-0.2, -0.15) is 0 Å². The van der Waals surface area contributed by atoms with Crippen LogP contribution in [-0.2, 0) is 16.6 Å². The zero-order valence-corrected chi connectivity index (χ0v) is 14.3. The lowest BCUT2D eigenvalue weighted by molar-refractivity contribution is -0.118. The largest absolute Gasteiger partial charge is 0.461 e. The van der Waals surface area contributed by atoms with E-state index in [2.05, 4.69) is 5.32 Å². The van der Waals surface area contributed by atoms with Gasteiger partial charge >= 0.3 is 5.97 Å². The smallest absolute Gasteiger partial charge is 0.355 e. The van der Waals surface area contributed by atoms with Crippen LogP contribution in [0.5, 0.6) is 0 Å². The van der Waals surface area contributed by atoms with Gasteiger partial charge in [-0.25, -0.2) is 4.79 Å². The Morgan fingerprint density at radius 2 is 1.73 bits per heavy atom. The Morgan fingerprint density at radius 1 is 1.18 bits per heavy atom. The number of esters is 1. The van der Waals surface area contributed by atoms with Gasteiger partial charge in [0, 0.05) is 18.3 Å². The minimum Gasteiger partial charge on any atom is -0.461 e. The van der Waals surface area contributed by atoms with Gasteiger partial charge in [-0.05, 0) is 47.1 Å². The van der Waals surface area contributed by atoms with Crippen molar-refractivity contribution in [3.63, 3.8) is 0 Å². The second-order valence-electron chi connectivity index (χ2n) is 6.25. The summed E-state index contributed by atoms with van der Waals surface area (Å²) in [6.45, 7) is 10.7. The van der Waals surface area contributed by atoms with E-state index >= 15 is 0 Å². The zero-order valence-electron chi connectivity index (χ0n) is 14.3. The summed E-state index contributed by atoms with van der Waals surface area (Å²) >= 11 is 0. The van der Waals surface area contributed by atoms with Crippen LogP contribution in [-0.4, -0.2) is 34.4 Å². The van der Waals surface area contributed by atoms with Crippen LogP contribution in [0.1, 0.15) is 59.8 Å². The molecule has 0 atom stereocenters. The molecule has 0 aliphatic carbocycles. The fraction of sp³-hybridized carbons (Fsp3) is 0.562. The molecule has 22 heavy (non-hydrogen) atoms. The maximum atomic E-state index is 12.4. The third-order valence-electron chi connectivity index (χ3n) is 3.32. The average molecular weight is 308 g/mol.